The first kappa shape index (κ1) is 26.8. The molecule has 0 spiro atoms. The quantitative estimate of drug-likeness (QED) is 0.153. The average Bonchev–Trinajstić information content (AvgIpc) is 2.86. The van der Waals surface area contributed by atoms with Crippen molar-refractivity contribution in [1.29, 1.82) is 0 Å². The SMILES string of the molecule is CCCCCCCCCCOc1ccc2c(OCc3ccc(C(=O)CC(C)C)cc3)cccc2c1. The van der Waals surface area contributed by atoms with Crippen molar-refractivity contribution in [3.8, 4) is 11.5 Å². The first-order chi connectivity index (χ1) is 17.1. The summed E-state index contributed by atoms with van der Waals surface area (Å²) in [5.74, 6) is 2.34. The fourth-order valence-electron chi connectivity index (χ4n) is 4.31. The standard InChI is InChI=1S/C32H42O3/c1-4-5-6-7-8-9-10-11-21-34-29-19-20-30-28(23-29)13-12-14-32(30)35-24-26-15-17-27(18-16-26)31(33)22-25(2)3/h12-20,23,25H,4-11,21-22,24H2,1-3H3. The van der Waals surface area contributed by atoms with Gasteiger partial charge in [0.15, 0.2) is 5.78 Å². The molecule has 3 aromatic rings. The maximum atomic E-state index is 12.2. The van der Waals surface area contributed by atoms with Gasteiger partial charge in [0.05, 0.1) is 6.61 Å². The van der Waals surface area contributed by atoms with Crippen molar-refractivity contribution in [2.45, 2.75) is 85.2 Å². The molecule has 0 amide bonds. The first-order valence-electron chi connectivity index (χ1n) is 13.5. The third-order valence-electron chi connectivity index (χ3n) is 6.34. The normalized spacial score (nSPS) is 11.2. The molecule has 3 heteroatoms. The summed E-state index contributed by atoms with van der Waals surface area (Å²) in [6.07, 6.45) is 11.0. The molecule has 0 aliphatic heterocycles. The number of ketones is 1. The van der Waals surface area contributed by atoms with Crippen molar-refractivity contribution in [2.75, 3.05) is 6.61 Å². The fraction of sp³-hybridized carbons (Fsp3) is 0.469. The van der Waals surface area contributed by atoms with Crippen LogP contribution >= 0.6 is 0 Å². The number of ether oxygens (including phenoxy) is 2. The lowest BCUT2D eigenvalue weighted by Gasteiger charge is -2.12. The van der Waals surface area contributed by atoms with Crippen molar-refractivity contribution in [2.24, 2.45) is 5.92 Å². The average molecular weight is 475 g/mol. The molecule has 0 bridgehead atoms. The van der Waals surface area contributed by atoms with Crippen LogP contribution in [-0.4, -0.2) is 12.4 Å². The molecular formula is C32H42O3. The van der Waals surface area contributed by atoms with Crippen molar-refractivity contribution in [1.82, 2.24) is 0 Å². The second-order valence-corrected chi connectivity index (χ2v) is 9.97. The van der Waals surface area contributed by atoms with E-state index in [0.717, 1.165) is 46.4 Å². The predicted octanol–water partition coefficient (Wildman–Crippen LogP) is 9.17. The number of rotatable bonds is 16. The molecule has 0 saturated carbocycles. The number of carbonyl (C=O) groups excluding carboxylic acids is 1. The molecule has 3 rings (SSSR count). The highest BCUT2D eigenvalue weighted by Crippen LogP contribution is 2.29. The van der Waals surface area contributed by atoms with Crippen molar-refractivity contribution < 1.29 is 14.3 Å². The first-order valence-corrected chi connectivity index (χ1v) is 13.5. The number of fused-ring (bicyclic) bond motifs is 1. The van der Waals surface area contributed by atoms with E-state index in [1.165, 1.54) is 44.9 Å². The van der Waals surface area contributed by atoms with Gasteiger partial charge in [0.1, 0.15) is 18.1 Å². The van der Waals surface area contributed by atoms with Gasteiger partial charge in [0.2, 0.25) is 0 Å². The number of hydrogen-bond acceptors (Lipinski definition) is 3. The summed E-state index contributed by atoms with van der Waals surface area (Å²) >= 11 is 0. The van der Waals surface area contributed by atoms with E-state index < -0.39 is 0 Å². The van der Waals surface area contributed by atoms with Gasteiger partial charge in [-0.25, -0.2) is 0 Å². The van der Waals surface area contributed by atoms with E-state index in [0.29, 0.717) is 18.9 Å². The van der Waals surface area contributed by atoms with Crippen LogP contribution in [0.15, 0.2) is 60.7 Å². The molecule has 35 heavy (non-hydrogen) atoms. The Morgan fingerprint density at radius 2 is 1.51 bits per heavy atom. The molecule has 0 aliphatic carbocycles. The van der Waals surface area contributed by atoms with Gasteiger partial charge in [-0.05, 0) is 47.6 Å². The zero-order chi connectivity index (χ0) is 24.9. The minimum absolute atomic E-state index is 0.196. The van der Waals surface area contributed by atoms with Gasteiger partial charge in [-0.2, -0.15) is 0 Å². The third-order valence-corrected chi connectivity index (χ3v) is 6.34. The van der Waals surface area contributed by atoms with Crippen LogP contribution in [0, 0.1) is 5.92 Å². The van der Waals surface area contributed by atoms with Crippen LogP contribution in [0.1, 0.15) is 94.5 Å². The topological polar surface area (TPSA) is 35.5 Å². The molecule has 0 aliphatic rings. The van der Waals surface area contributed by atoms with Crippen LogP contribution < -0.4 is 9.47 Å². The molecule has 0 N–H and O–H groups in total. The van der Waals surface area contributed by atoms with Crippen molar-refractivity contribution in [3.63, 3.8) is 0 Å². The van der Waals surface area contributed by atoms with E-state index in [-0.39, 0.29) is 5.78 Å². The molecule has 0 unspecified atom stereocenters. The van der Waals surface area contributed by atoms with Crippen LogP contribution in [0.2, 0.25) is 0 Å². The van der Waals surface area contributed by atoms with Gasteiger partial charge < -0.3 is 9.47 Å². The van der Waals surface area contributed by atoms with Gasteiger partial charge in [0.25, 0.3) is 0 Å². The summed E-state index contributed by atoms with van der Waals surface area (Å²) in [5.41, 5.74) is 1.82. The maximum Gasteiger partial charge on any atom is 0.163 e. The molecule has 188 valence electrons. The number of carbonyl (C=O) groups is 1. The Bertz CT molecular complexity index is 1040. The van der Waals surface area contributed by atoms with E-state index in [2.05, 4.69) is 39.0 Å². The Balaban J connectivity index is 1.48. The predicted molar refractivity (Wildman–Crippen MR) is 147 cm³/mol. The Kier molecular flexibility index (Phi) is 11.1. The monoisotopic (exact) mass is 474 g/mol. The molecule has 0 aromatic heterocycles. The maximum absolute atomic E-state index is 12.2. The van der Waals surface area contributed by atoms with E-state index >= 15 is 0 Å². The number of hydrogen-bond donors (Lipinski definition) is 0. The zero-order valence-electron chi connectivity index (χ0n) is 21.9. The fourth-order valence-corrected chi connectivity index (χ4v) is 4.31. The molecule has 3 aromatic carbocycles. The van der Waals surface area contributed by atoms with E-state index in [9.17, 15) is 4.79 Å². The summed E-state index contributed by atoms with van der Waals surface area (Å²) in [4.78, 5) is 12.2. The largest absolute Gasteiger partial charge is 0.494 e. The Morgan fingerprint density at radius 3 is 2.23 bits per heavy atom. The second-order valence-electron chi connectivity index (χ2n) is 9.97. The van der Waals surface area contributed by atoms with Crippen LogP contribution in [0.4, 0.5) is 0 Å². The summed E-state index contributed by atoms with van der Waals surface area (Å²) in [6, 6.07) is 20.1. The second kappa shape index (κ2) is 14.6. The van der Waals surface area contributed by atoms with Gasteiger partial charge in [-0.1, -0.05) is 102 Å². The van der Waals surface area contributed by atoms with Crippen molar-refractivity contribution in [3.05, 3.63) is 71.8 Å². The smallest absolute Gasteiger partial charge is 0.163 e. The lowest BCUT2D eigenvalue weighted by molar-refractivity contribution is 0.0968. The Morgan fingerprint density at radius 1 is 0.800 bits per heavy atom. The molecule has 0 saturated heterocycles. The van der Waals surface area contributed by atoms with Crippen LogP contribution in [0.5, 0.6) is 11.5 Å². The number of Topliss-reactive ketones (excluding diaryl/α,β-unsaturated/α-hetero) is 1. The lowest BCUT2D eigenvalue weighted by Crippen LogP contribution is -2.04. The van der Waals surface area contributed by atoms with Crippen LogP contribution in [-0.2, 0) is 6.61 Å². The zero-order valence-corrected chi connectivity index (χ0v) is 21.9. The van der Waals surface area contributed by atoms with Gasteiger partial charge in [-0.15, -0.1) is 0 Å². The molecular weight excluding hydrogens is 432 g/mol. The molecule has 3 nitrogen and oxygen atoms in total. The van der Waals surface area contributed by atoms with Gasteiger partial charge in [0, 0.05) is 17.4 Å². The van der Waals surface area contributed by atoms with Crippen LogP contribution in [0.25, 0.3) is 10.8 Å². The molecule has 0 radical (unpaired) electrons. The summed E-state index contributed by atoms with van der Waals surface area (Å²) in [7, 11) is 0. The Hall–Kier alpha value is -2.81. The van der Waals surface area contributed by atoms with Crippen molar-refractivity contribution >= 4 is 16.6 Å². The van der Waals surface area contributed by atoms with Crippen LogP contribution in [0.3, 0.4) is 0 Å². The third kappa shape index (κ3) is 9.05. The lowest BCUT2D eigenvalue weighted by atomic mass is 10.0. The molecule has 0 fully saturated rings. The highest BCUT2D eigenvalue weighted by atomic mass is 16.5. The summed E-state index contributed by atoms with van der Waals surface area (Å²) < 4.78 is 12.2. The van der Waals surface area contributed by atoms with E-state index in [4.69, 9.17) is 9.47 Å². The summed E-state index contributed by atoms with van der Waals surface area (Å²) in [5, 5.41) is 2.20. The van der Waals surface area contributed by atoms with E-state index in [1.54, 1.807) is 0 Å². The highest BCUT2D eigenvalue weighted by molar-refractivity contribution is 5.96. The molecule has 0 heterocycles. The molecule has 0 atom stereocenters. The minimum Gasteiger partial charge on any atom is -0.494 e. The number of unbranched alkanes of at least 4 members (excludes halogenated alkanes) is 7. The minimum atomic E-state index is 0.196. The van der Waals surface area contributed by atoms with Gasteiger partial charge >= 0.3 is 0 Å². The number of benzene rings is 3. The van der Waals surface area contributed by atoms with E-state index in [1.807, 2.05) is 42.5 Å². The summed E-state index contributed by atoms with van der Waals surface area (Å²) in [6.45, 7) is 7.63. The van der Waals surface area contributed by atoms with Gasteiger partial charge in [-0.3, -0.25) is 4.79 Å². The highest BCUT2D eigenvalue weighted by Gasteiger charge is 2.09. The Labute approximate surface area is 211 Å².